The Hall–Kier alpha value is -1.44. The number of hydrogen-bond donors (Lipinski definition) is 0. The Labute approximate surface area is 64.2 Å². The number of rotatable bonds is 2. The molecule has 1 nitrogen and oxygen atoms in total. The summed E-state index contributed by atoms with van der Waals surface area (Å²) in [4.78, 5) is 10.2. The molecule has 0 aliphatic carbocycles. The van der Waals surface area contributed by atoms with Gasteiger partial charge in [-0.3, -0.25) is 4.79 Å². The standard InChI is InChI=1S/C9H7FO/c1-7(6-11)8-4-2-3-5-9(8)10/h2-6H,1H2. The highest BCUT2D eigenvalue weighted by Crippen LogP contribution is 2.13. The van der Waals surface area contributed by atoms with Crippen molar-refractivity contribution in [1.82, 2.24) is 0 Å². The lowest BCUT2D eigenvalue weighted by Gasteiger charge is -1.97. The predicted molar refractivity (Wildman–Crippen MR) is 41.5 cm³/mol. The van der Waals surface area contributed by atoms with Crippen molar-refractivity contribution in [3.05, 3.63) is 42.2 Å². The molecule has 0 atom stereocenters. The molecule has 0 radical (unpaired) electrons. The number of halogens is 1. The highest BCUT2D eigenvalue weighted by Gasteiger charge is 2.01. The highest BCUT2D eigenvalue weighted by atomic mass is 19.1. The Morgan fingerprint density at radius 3 is 2.64 bits per heavy atom. The molecule has 1 aromatic carbocycles. The van der Waals surface area contributed by atoms with Gasteiger partial charge >= 0.3 is 0 Å². The first-order valence-electron chi connectivity index (χ1n) is 3.14. The van der Waals surface area contributed by atoms with Crippen molar-refractivity contribution in [2.45, 2.75) is 0 Å². The molecule has 56 valence electrons. The molecule has 0 amide bonds. The van der Waals surface area contributed by atoms with Crippen LogP contribution in [0.3, 0.4) is 0 Å². The second-order valence-corrected chi connectivity index (χ2v) is 2.12. The number of benzene rings is 1. The average Bonchev–Trinajstić information content (AvgIpc) is 2.04. The summed E-state index contributed by atoms with van der Waals surface area (Å²) in [5.41, 5.74) is 0.436. The van der Waals surface area contributed by atoms with Crippen LogP contribution in [-0.2, 0) is 4.79 Å². The molecule has 0 aliphatic rings. The summed E-state index contributed by atoms with van der Waals surface area (Å²) in [5.74, 6) is -0.412. The largest absolute Gasteiger partial charge is 0.298 e. The number of carbonyl (C=O) groups is 1. The number of allylic oxidation sites excluding steroid dienone is 1. The Morgan fingerprint density at radius 1 is 1.45 bits per heavy atom. The van der Waals surface area contributed by atoms with E-state index in [1.165, 1.54) is 12.1 Å². The van der Waals surface area contributed by atoms with E-state index < -0.39 is 5.82 Å². The van der Waals surface area contributed by atoms with Gasteiger partial charge in [0.2, 0.25) is 0 Å². The second-order valence-electron chi connectivity index (χ2n) is 2.12. The van der Waals surface area contributed by atoms with Gasteiger partial charge in [0.25, 0.3) is 0 Å². The summed E-state index contributed by atoms with van der Waals surface area (Å²) in [6, 6.07) is 6.04. The third-order valence-electron chi connectivity index (χ3n) is 1.36. The Bertz CT molecular complexity index is 291. The van der Waals surface area contributed by atoms with Gasteiger partial charge in [0.05, 0.1) is 0 Å². The molecule has 1 aromatic rings. The maximum atomic E-state index is 12.8. The van der Waals surface area contributed by atoms with Gasteiger partial charge in [0.15, 0.2) is 0 Å². The van der Waals surface area contributed by atoms with Crippen molar-refractivity contribution in [2.24, 2.45) is 0 Å². The SMILES string of the molecule is C=C(C=O)c1ccccc1F. The summed E-state index contributed by atoms with van der Waals surface area (Å²) in [6.45, 7) is 3.40. The van der Waals surface area contributed by atoms with Gasteiger partial charge < -0.3 is 0 Å². The topological polar surface area (TPSA) is 17.1 Å². The van der Waals surface area contributed by atoms with Crippen molar-refractivity contribution >= 4 is 11.9 Å². The fourth-order valence-electron chi connectivity index (χ4n) is 0.785. The summed E-state index contributed by atoms with van der Waals surface area (Å²) >= 11 is 0. The van der Waals surface area contributed by atoms with Gasteiger partial charge in [-0.2, -0.15) is 0 Å². The molecule has 0 fully saturated rings. The maximum Gasteiger partial charge on any atom is 0.150 e. The number of hydrogen-bond acceptors (Lipinski definition) is 1. The Morgan fingerprint density at radius 2 is 2.09 bits per heavy atom. The molecule has 0 heterocycles. The molecule has 0 spiro atoms. The van der Waals surface area contributed by atoms with E-state index in [9.17, 15) is 9.18 Å². The fraction of sp³-hybridized carbons (Fsp3) is 0. The lowest BCUT2D eigenvalue weighted by atomic mass is 10.1. The summed E-state index contributed by atoms with van der Waals surface area (Å²) < 4.78 is 12.8. The summed E-state index contributed by atoms with van der Waals surface area (Å²) in [7, 11) is 0. The summed E-state index contributed by atoms with van der Waals surface area (Å²) in [6.07, 6.45) is 0.540. The minimum absolute atomic E-state index is 0.170. The molecule has 1 rings (SSSR count). The molecular weight excluding hydrogens is 143 g/mol. The first kappa shape index (κ1) is 7.66. The Balaban J connectivity index is 3.13. The molecule has 0 aromatic heterocycles. The van der Waals surface area contributed by atoms with Crippen molar-refractivity contribution in [2.75, 3.05) is 0 Å². The molecule has 2 heteroatoms. The third-order valence-corrected chi connectivity index (χ3v) is 1.36. The van der Waals surface area contributed by atoms with Crippen LogP contribution in [0, 0.1) is 5.82 Å². The molecule has 0 aliphatic heterocycles. The third kappa shape index (κ3) is 1.52. The van der Waals surface area contributed by atoms with E-state index in [2.05, 4.69) is 6.58 Å². The molecule has 0 unspecified atom stereocenters. The number of aldehydes is 1. The molecule has 0 N–H and O–H groups in total. The minimum atomic E-state index is -0.412. The molecular formula is C9H7FO. The van der Waals surface area contributed by atoms with E-state index in [1.807, 2.05) is 0 Å². The van der Waals surface area contributed by atoms with E-state index in [1.54, 1.807) is 12.1 Å². The average molecular weight is 150 g/mol. The quantitative estimate of drug-likeness (QED) is 0.465. The van der Waals surface area contributed by atoms with E-state index in [4.69, 9.17) is 0 Å². The van der Waals surface area contributed by atoms with Gasteiger partial charge in [0.1, 0.15) is 12.1 Å². The first-order valence-corrected chi connectivity index (χ1v) is 3.14. The second kappa shape index (κ2) is 3.10. The van der Waals surface area contributed by atoms with Crippen LogP contribution in [0.25, 0.3) is 5.57 Å². The maximum absolute atomic E-state index is 12.8. The van der Waals surface area contributed by atoms with E-state index in [0.717, 1.165) is 0 Å². The van der Waals surface area contributed by atoms with Crippen LogP contribution in [0.5, 0.6) is 0 Å². The van der Waals surface area contributed by atoms with Crippen LogP contribution in [0.2, 0.25) is 0 Å². The molecule has 11 heavy (non-hydrogen) atoms. The van der Waals surface area contributed by atoms with Crippen molar-refractivity contribution in [1.29, 1.82) is 0 Å². The van der Waals surface area contributed by atoms with Crippen LogP contribution in [0.15, 0.2) is 30.8 Å². The zero-order chi connectivity index (χ0) is 8.27. The highest BCUT2D eigenvalue weighted by molar-refractivity contribution is 6.05. The number of carbonyl (C=O) groups excluding carboxylic acids is 1. The lowest BCUT2D eigenvalue weighted by molar-refractivity contribution is -0.103. The van der Waals surface area contributed by atoms with Crippen LogP contribution in [-0.4, -0.2) is 6.29 Å². The zero-order valence-corrected chi connectivity index (χ0v) is 5.88. The van der Waals surface area contributed by atoms with Crippen LogP contribution < -0.4 is 0 Å². The Kier molecular flexibility index (Phi) is 2.16. The first-order chi connectivity index (χ1) is 5.25. The van der Waals surface area contributed by atoms with Gasteiger partial charge in [-0.05, 0) is 6.07 Å². The van der Waals surface area contributed by atoms with Crippen LogP contribution >= 0.6 is 0 Å². The molecule has 0 saturated carbocycles. The lowest BCUT2D eigenvalue weighted by Crippen LogP contribution is -1.87. The van der Waals surface area contributed by atoms with Gasteiger partial charge in [0, 0.05) is 11.1 Å². The fourth-order valence-corrected chi connectivity index (χ4v) is 0.785. The van der Waals surface area contributed by atoms with Gasteiger partial charge in [-0.1, -0.05) is 24.8 Å². The van der Waals surface area contributed by atoms with Crippen LogP contribution in [0.1, 0.15) is 5.56 Å². The summed E-state index contributed by atoms with van der Waals surface area (Å²) in [5, 5.41) is 0. The van der Waals surface area contributed by atoms with E-state index in [-0.39, 0.29) is 11.1 Å². The van der Waals surface area contributed by atoms with E-state index in [0.29, 0.717) is 6.29 Å². The monoisotopic (exact) mass is 150 g/mol. The minimum Gasteiger partial charge on any atom is -0.298 e. The van der Waals surface area contributed by atoms with E-state index >= 15 is 0 Å². The molecule has 0 bridgehead atoms. The van der Waals surface area contributed by atoms with Crippen LogP contribution in [0.4, 0.5) is 4.39 Å². The van der Waals surface area contributed by atoms with Crippen molar-refractivity contribution in [3.8, 4) is 0 Å². The van der Waals surface area contributed by atoms with Gasteiger partial charge in [-0.15, -0.1) is 0 Å². The zero-order valence-electron chi connectivity index (χ0n) is 5.88. The van der Waals surface area contributed by atoms with Crippen molar-refractivity contribution < 1.29 is 9.18 Å². The molecule has 0 saturated heterocycles. The normalized spacial score (nSPS) is 9.18. The smallest absolute Gasteiger partial charge is 0.150 e. The predicted octanol–water partition coefficient (Wildman–Crippen LogP) is 2.04. The van der Waals surface area contributed by atoms with Crippen molar-refractivity contribution in [3.63, 3.8) is 0 Å². The van der Waals surface area contributed by atoms with Gasteiger partial charge in [-0.25, -0.2) is 4.39 Å².